The summed E-state index contributed by atoms with van der Waals surface area (Å²) in [4.78, 5) is 28.7. The topological polar surface area (TPSA) is 94.3 Å². The molecule has 2 heterocycles. The summed E-state index contributed by atoms with van der Waals surface area (Å²) in [6.07, 6.45) is -3.05. The van der Waals surface area contributed by atoms with Crippen molar-refractivity contribution in [2.24, 2.45) is 5.73 Å². The van der Waals surface area contributed by atoms with Crippen molar-refractivity contribution in [3.05, 3.63) is 76.4 Å². The highest BCUT2D eigenvalue weighted by Crippen LogP contribution is 2.41. The first kappa shape index (κ1) is 22.6. The zero-order valence-corrected chi connectivity index (χ0v) is 17.9. The quantitative estimate of drug-likeness (QED) is 0.564. The summed E-state index contributed by atoms with van der Waals surface area (Å²) in [6.45, 7) is 1.52. The Morgan fingerprint density at radius 3 is 2.64 bits per heavy atom. The third-order valence-electron chi connectivity index (χ3n) is 5.32. The van der Waals surface area contributed by atoms with Crippen LogP contribution in [0, 0.1) is 0 Å². The molecule has 3 N–H and O–H groups in total. The molecule has 1 atom stereocenters. The lowest BCUT2D eigenvalue weighted by Gasteiger charge is -2.22. The van der Waals surface area contributed by atoms with Crippen LogP contribution >= 0.6 is 11.6 Å². The number of hydrogen-bond donors (Lipinski definition) is 2. The fourth-order valence-electron chi connectivity index (χ4n) is 3.64. The standard InChI is InChI=1S/C23H17ClF3N3O3/c1-22(21(32)30-14-5-6-18(24)17(10-14)23(25,26)27)11-16-15(7-8-29-20(16)33-22)12-3-2-4-13(9-12)19(28)31/h2-10H,11H2,1H3,(H2,28,31)(H,30,32). The molecule has 0 saturated carbocycles. The van der Waals surface area contributed by atoms with Crippen LogP contribution in [0.1, 0.15) is 28.4 Å². The average Bonchev–Trinajstić information content (AvgIpc) is 3.12. The number of nitrogens with two attached hydrogens (primary N) is 1. The number of carbonyl (C=O) groups excluding carboxylic acids is 2. The van der Waals surface area contributed by atoms with Crippen LogP contribution in [0.3, 0.4) is 0 Å². The van der Waals surface area contributed by atoms with Crippen LogP contribution in [0.4, 0.5) is 18.9 Å². The summed E-state index contributed by atoms with van der Waals surface area (Å²) in [7, 11) is 0. The molecule has 1 aliphatic heterocycles. The summed E-state index contributed by atoms with van der Waals surface area (Å²) >= 11 is 5.64. The minimum absolute atomic E-state index is 0.0696. The maximum absolute atomic E-state index is 13.1. The second-order valence-electron chi connectivity index (χ2n) is 7.74. The molecule has 4 rings (SSSR count). The molecule has 0 fully saturated rings. The van der Waals surface area contributed by atoms with Crippen molar-refractivity contribution in [1.29, 1.82) is 0 Å². The molecule has 0 radical (unpaired) electrons. The maximum atomic E-state index is 13.1. The smallest absolute Gasteiger partial charge is 0.417 e. The zero-order valence-electron chi connectivity index (χ0n) is 17.2. The number of anilines is 1. The highest BCUT2D eigenvalue weighted by atomic mass is 35.5. The van der Waals surface area contributed by atoms with Gasteiger partial charge < -0.3 is 15.8 Å². The molecule has 10 heteroatoms. The van der Waals surface area contributed by atoms with Gasteiger partial charge in [-0.25, -0.2) is 4.98 Å². The van der Waals surface area contributed by atoms with Crippen LogP contribution in [0.2, 0.25) is 5.02 Å². The number of fused-ring (bicyclic) bond motifs is 1. The monoisotopic (exact) mass is 475 g/mol. The highest BCUT2D eigenvalue weighted by Gasteiger charge is 2.44. The number of aromatic nitrogens is 1. The van der Waals surface area contributed by atoms with E-state index in [0.29, 0.717) is 22.3 Å². The number of halogens is 4. The van der Waals surface area contributed by atoms with Gasteiger partial charge in [0.05, 0.1) is 10.6 Å². The molecular formula is C23H17ClF3N3O3. The zero-order chi connectivity index (χ0) is 24.0. The van der Waals surface area contributed by atoms with Gasteiger partial charge in [0.2, 0.25) is 11.8 Å². The third-order valence-corrected chi connectivity index (χ3v) is 5.65. The minimum atomic E-state index is -4.67. The van der Waals surface area contributed by atoms with Gasteiger partial charge in [-0.2, -0.15) is 13.2 Å². The van der Waals surface area contributed by atoms with E-state index in [9.17, 15) is 22.8 Å². The number of ether oxygens (including phenoxy) is 1. The van der Waals surface area contributed by atoms with Gasteiger partial charge in [-0.05, 0) is 54.4 Å². The molecule has 1 unspecified atom stereocenters. The van der Waals surface area contributed by atoms with E-state index in [1.54, 1.807) is 30.3 Å². The molecule has 0 aliphatic carbocycles. The summed E-state index contributed by atoms with van der Waals surface area (Å²) in [6, 6.07) is 11.5. The van der Waals surface area contributed by atoms with Crippen LogP contribution in [0.5, 0.6) is 5.88 Å². The molecule has 2 aromatic carbocycles. The van der Waals surface area contributed by atoms with Gasteiger partial charge in [-0.15, -0.1) is 0 Å². The van der Waals surface area contributed by atoms with E-state index < -0.39 is 34.2 Å². The average molecular weight is 476 g/mol. The number of primary amides is 1. The molecule has 0 bridgehead atoms. The van der Waals surface area contributed by atoms with Crippen molar-refractivity contribution in [2.75, 3.05) is 5.32 Å². The van der Waals surface area contributed by atoms with E-state index in [-0.39, 0.29) is 18.0 Å². The van der Waals surface area contributed by atoms with E-state index >= 15 is 0 Å². The lowest BCUT2D eigenvalue weighted by atomic mass is 9.92. The second kappa shape index (κ2) is 8.08. The number of alkyl halides is 3. The Morgan fingerprint density at radius 1 is 1.18 bits per heavy atom. The largest absolute Gasteiger partial charge is 0.461 e. The Hall–Kier alpha value is -3.59. The molecule has 3 aromatic rings. The fourth-order valence-corrected chi connectivity index (χ4v) is 3.86. The van der Waals surface area contributed by atoms with Gasteiger partial charge in [-0.1, -0.05) is 23.7 Å². The summed E-state index contributed by atoms with van der Waals surface area (Å²) in [5.74, 6) is -1.00. The Balaban J connectivity index is 1.62. The van der Waals surface area contributed by atoms with Crippen LogP contribution in [-0.4, -0.2) is 22.4 Å². The minimum Gasteiger partial charge on any atom is -0.461 e. The van der Waals surface area contributed by atoms with Gasteiger partial charge >= 0.3 is 6.18 Å². The van der Waals surface area contributed by atoms with Gasteiger partial charge in [0.15, 0.2) is 5.60 Å². The van der Waals surface area contributed by atoms with E-state index in [1.165, 1.54) is 19.2 Å². The molecular weight excluding hydrogens is 459 g/mol. The van der Waals surface area contributed by atoms with Crippen molar-refractivity contribution < 1.29 is 27.5 Å². The SMILES string of the molecule is CC1(C(=O)Nc2ccc(Cl)c(C(F)(F)F)c2)Cc2c(-c3cccc(C(N)=O)c3)ccnc2O1. The summed E-state index contributed by atoms with van der Waals surface area (Å²) < 4.78 is 45.3. The van der Waals surface area contributed by atoms with Crippen molar-refractivity contribution >= 4 is 29.1 Å². The lowest BCUT2D eigenvalue weighted by Crippen LogP contribution is -2.44. The van der Waals surface area contributed by atoms with E-state index in [0.717, 1.165) is 12.1 Å². The Kier molecular flexibility index (Phi) is 5.53. The van der Waals surface area contributed by atoms with Crippen molar-refractivity contribution in [3.63, 3.8) is 0 Å². The highest BCUT2D eigenvalue weighted by molar-refractivity contribution is 6.31. The van der Waals surface area contributed by atoms with E-state index in [2.05, 4.69) is 10.3 Å². The second-order valence-corrected chi connectivity index (χ2v) is 8.15. The number of benzene rings is 2. The van der Waals surface area contributed by atoms with Crippen LogP contribution in [0.15, 0.2) is 54.7 Å². The number of nitrogens with one attached hydrogen (secondary N) is 1. The number of nitrogens with zero attached hydrogens (tertiary/aromatic N) is 1. The van der Waals surface area contributed by atoms with Crippen LogP contribution in [0.25, 0.3) is 11.1 Å². The normalized spacial score (nSPS) is 17.2. The van der Waals surface area contributed by atoms with E-state index in [4.69, 9.17) is 22.1 Å². The molecule has 0 spiro atoms. The molecule has 170 valence electrons. The number of amides is 2. The van der Waals surface area contributed by atoms with Gasteiger partial charge in [-0.3, -0.25) is 9.59 Å². The fraction of sp³-hybridized carbons (Fsp3) is 0.174. The Morgan fingerprint density at radius 2 is 1.94 bits per heavy atom. The van der Waals surface area contributed by atoms with Gasteiger partial charge in [0, 0.05) is 29.4 Å². The molecule has 1 aliphatic rings. The maximum Gasteiger partial charge on any atom is 0.417 e. The van der Waals surface area contributed by atoms with Crippen molar-refractivity contribution in [1.82, 2.24) is 4.98 Å². The van der Waals surface area contributed by atoms with E-state index in [1.807, 2.05) is 0 Å². The first-order valence-corrected chi connectivity index (χ1v) is 10.1. The molecule has 6 nitrogen and oxygen atoms in total. The number of carbonyl (C=O) groups is 2. The predicted molar refractivity (Wildman–Crippen MR) is 116 cm³/mol. The number of pyridine rings is 1. The third kappa shape index (κ3) is 4.36. The summed E-state index contributed by atoms with van der Waals surface area (Å²) in [5.41, 5.74) is 5.15. The number of rotatable bonds is 4. The summed E-state index contributed by atoms with van der Waals surface area (Å²) in [5, 5.41) is 2.00. The first-order chi connectivity index (χ1) is 15.5. The molecule has 0 saturated heterocycles. The van der Waals surface area contributed by atoms with Crippen molar-refractivity contribution in [3.8, 4) is 17.0 Å². The number of hydrogen-bond acceptors (Lipinski definition) is 4. The predicted octanol–water partition coefficient (Wildman–Crippen LogP) is 4.85. The van der Waals surface area contributed by atoms with Gasteiger partial charge in [0.25, 0.3) is 5.91 Å². The Bertz CT molecular complexity index is 1280. The molecule has 2 amide bonds. The van der Waals surface area contributed by atoms with Crippen LogP contribution in [-0.2, 0) is 17.4 Å². The first-order valence-electron chi connectivity index (χ1n) is 9.73. The Labute approximate surface area is 191 Å². The lowest BCUT2D eigenvalue weighted by molar-refractivity contribution is -0.137. The van der Waals surface area contributed by atoms with Crippen LogP contribution < -0.4 is 15.8 Å². The molecule has 33 heavy (non-hydrogen) atoms. The molecule has 1 aromatic heterocycles. The van der Waals surface area contributed by atoms with Gasteiger partial charge in [0.1, 0.15) is 0 Å². The van der Waals surface area contributed by atoms with Crippen molar-refractivity contribution in [2.45, 2.75) is 25.1 Å².